The maximum absolute atomic E-state index is 12.9. The third kappa shape index (κ3) is 2.84. The summed E-state index contributed by atoms with van der Waals surface area (Å²) < 4.78 is 5.79. The monoisotopic (exact) mass is 291 g/mol. The molecule has 1 aromatic heterocycles. The van der Waals surface area contributed by atoms with Crippen LogP contribution in [0.25, 0.3) is 0 Å². The first-order valence-electron chi connectivity index (χ1n) is 8.01. The number of H-pyrrole nitrogens is 1. The lowest BCUT2D eigenvalue weighted by Crippen LogP contribution is -2.37. The highest BCUT2D eigenvalue weighted by molar-refractivity contribution is 5.94. The van der Waals surface area contributed by atoms with Crippen molar-refractivity contribution in [3.63, 3.8) is 0 Å². The van der Waals surface area contributed by atoms with Crippen LogP contribution in [0.1, 0.15) is 68.4 Å². The van der Waals surface area contributed by atoms with Crippen LogP contribution in [0.3, 0.4) is 0 Å². The molecule has 1 fully saturated rings. The van der Waals surface area contributed by atoms with Crippen molar-refractivity contribution in [1.29, 1.82) is 0 Å². The number of nitrogens with zero attached hydrogens (tertiary/aromatic N) is 2. The Morgan fingerprint density at radius 1 is 1.43 bits per heavy atom. The van der Waals surface area contributed by atoms with E-state index in [1.54, 1.807) is 0 Å². The third-order valence-electron chi connectivity index (χ3n) is 4.25. The zero-order valence-electron chi connectivity index (χ0n) is 13.3. The first kappa shape index (κ1) is 14.6. The molecule has 3 rings (SSSR count). The molecule has 21 heavy (non-hydrogen) atoms. The molecule has 0 bridgehead atoms. The molecule has 1 aliphatic carbocycles. The summed E-state index contributed by atoms with van der Waals surface area (Å²) in [7, 11) is 0. The fourth-order valence-electron chi connectivity index (χ4n) is 3.16. The number of amides is 1. The van der Waals surface area contributed by atoms with Crippen LogP contribution in [0, 0.1) is 5.92 Å². The first-order chi connectivity index (χ1) is 9.97. The molecule has 2 heterocycles. The van der Waals surface area contributed by atoms with E-state index in [0.717, 1.165) is 37.1 Å². The van der Waals surface area contributed by atoms with Gasteiger partial charge in [0.05, 0.1) is 17.9 Å². The summed E-state index contributed by atoms with van der Waals surface area (Å²) in [5.41, 5.74) is 2.64. The van der Waals surface area contributed by atoms with Gasteiger partial charge in [-0.1, -0.05) is 13.8 Å². The Kier molecular flexibility index (Phi) is 3.78. The smallest absolute Gasteiger partial charge is 0.274 e. The average Bonchev–Trinajstić information content (AvgIpc) is 3.15. The number of hydrogen-bond donors (Lipinski definition) is 1. The van der Waals surface area contributed by atoms with E-state index in [-0.39, 0.29) is 18.1 Å². The Hall–Kier alpha value is -1.36. The number of rotatable bonds is 4. The van der Waals surface area contributed by atoms with E-state index in [1.165, 1.54) is 0 Å². The van der Waals surface area contributed by atoms with Gasteiger partial charge in [-0.05, 0) is 32.6 Å². The molecule has 1 saturated carbocycles. The standard InChI is InChI=1S/C16H25N3O2/c1-9(2)8-19(12-5-6-12)16(20)15-13-7-10(3)21-11(4)14(13)17-18-15/h9-12H,5-8H2,1-4H3,(H,17,18)/t10-,11+/m0/s1. The fourth-order valence-corrected chi connectivity index (χ4v) is 3.16. The van der Waals surface area contributed by atoms with E-state index in [1.807, 2.05) is 18.7 Å². The van der Waals surface area contributed by atoms with Gasteiger partial charge in [0.1, 0.15) is 0 Å². The van der Waals surface area contributed by atoms with Gasteiger partial charge in [0.25, 0.3) is 5.91 Å². The summed E-state index contributed by atoms with van der Waals surface area (Å²) in [5, 5.41) is 7.35. The van der Waals surface area contributed by atoms with Crippen LogP contribution in [0.15, 0.2) is 0 Å². The molecule has 1 aliphatic heterocycles. The largest absolute Gasteiger partial charge is 0.369 e. The molecule has 5 heteroatoms. The second kappa shape index (κ2) is 5.44. The van der Waals surface area contributed by atoms with Crippen molar-refractivity contribution < 1.29 is 9.53 Å². The van der Waals surface area contributed by atoms with Crippen LogP contribution >= 0.6 is 0 Å². The first-order valence-corrected chi connectivity index (χ1v) is 8.01. The molecule has 5 nitrogen and oxygen atoms in total. The molecule has 0 radical (unpaired) electrons. The predicted octanol–water partition coefficient (Wildman–Crippen LogP) is 2.69. The Labute approximate surface area is 126 Å². The molecule has 0 aromatic carbocycles. The van der Waals surface area contributed by atoms with Crippen molar-refractivity contribution in [2.24, 2.45) is 5.92 Å². The number of carbonyl (C=O) groups is 1. The van der Waals surface area contributed by atoms with Gasteiger partial charge in [0, 0.05) is 24.6 Å². The lowest BCUT2D eigenvalue weighted by molar-refractivity contribution is -0.00702. The zero-order chi connectivity index (χ0) is 15.1. The summed E-state index contributed by atoms with van der Waals surface area (Å²) in [6, 6.07) is 0.418. The van der Waals surface area contributed by atoms with E-state index < -0.39 is 0 Å². The summed E-state index contributed by atoms with van der Waals surface area (Å²) >= 11 is 0. The number of aromatic nitrogens is 2. The minimum Gasteiger partial charge on any atom is -0.369 e. The van der Waals surface area contributed by atoms with Crippen LogP contribution in [0.5, 0.6) is 0 Å². The molecule has 1 amide bonds. The molecule has 1 N–H and O–H groups in total. The molecular formula is C16H25N3O2. The van der Waals surface area contributed by atoms with Gasteiger partial charge < -0.3 is 9.64 Å². The second-order valence-corrected chi connectivity index (χ2v) is 6.84. The Morgan fingerprint density at radius 3 is 2.76 bits per heavy atom. The van der Waals surface area contributed by atoms with Crippen LogP contribution < -0.4 is 0 Å². The highest BCUT2D eigenvalue weighted by atomic mass is 16.5. The number of fused-ring (bicyclic) bond motifs is 1. The van der Waals surface area contributed by atoms with Crippen molar-refractivity contribution in [3.05, 3.63) is 17.0 Å². The topological polar surface area (TPSA) is 58.2 Å². The SMILES string of the molecule is CC(C)CN(C(=O)c1n[nH]c2c1C[C@H](C)O[C@@H]2C)C1CC1. The van der Waals surface area contributed by atoms with E-state index in [9.17, 15) is 4.79 Å². The van der Waals surface area contributed by atoms with Crippen LogP contribution in [-0.4, -0.2) is 39.7 Å². The van der Waals surface area contributed by atoms with E-state index >= 15 is 0 Å². The number of carbonyl (C=O) groups excluding carboxylic acids is 1. The van der Waals surface area contributed by atoms with E-state index in [4.69, 9.17) is 4.74 Å². The van der Waals surface area contributed by atoms with Crippen molar-refractivity contribution in [2.45, 2.75) is 65.2 Å². The van der Waals surface area contributed by atoms with Gasteiger partial charge in [-0.3, -0.25) is 9.89 Å². The molecule has 0 saturated heterocycles. The maximum atomic E-state index is 12.9. The number of hydrogen-bond acceptors (Lipinski definition) is 3. The Bertz CT molecular complexity index is 534. The van der Waals surface area contributed by atoms with Crippen LogP contribution in [0.4, 0.5) is 0 Å². The van der Waals surface area contributed by atoms with E-state index in [2.05, 4.69) is 24.0 Å². The van der Waals surface area contributed by atoms with Gasteiger partial charge in [-0.15, -0.1) is 0 Å². The Balaban J connectivity index is 1.87. The van der Waals surface area contributed by atoms with Crippen molar-refractivity contribution >= 4 is 5.91 Å². The second-order valence-electron chi connectivity index (χ2n) is 6.84. The van der Waals surface area contributed by atoms with Crippen molar-refractivity contribution in [3.8, 4) is 0 Å². The minimum absolute atomic E-state index is 0.0164. The number of nitrogens with one attached hydrogen (secondary N) is 1. The van der Waals surface area contributed by atoms with Gasteiger partial charge in [0.2, 0.25) is 0 Å². The summed E-state index contributed by atoms with van der Waals surface area (Å²) in [5.74, 6) is 0.565. The predicted molar refractivity (Wildman–Crippen MR) is 80.2 cm³/mol. The number of aromatic amines is 1. The van der Waals surface area contributed by atoms with Crippen molar-refractivity contribution in [1.82, 2.24) is 15.1 Å². The Morgan fingerprint density at radius 2 is 2.14 bits per heavy atom. The zero-order valence-corrected chi connectivity index (χ0v) is 13.3. The summed E-state index contributed by atoms with van der Waals surface area (Å²) in [6.45, 7) is 9.18. The number of ether oxygens (including phenoxy) is 1. The molecule has 1 aromatic rings. The minimum atomic E-state index is -0.0164. The van der Waals surface area contributed by atoms with Gasteiger partial charge in [0.15, 0.2) is 5.69 Å². The van der Waals surface area contributed by atoms with Crippen molar-refractivity contribution in [2.75, 3.05) is 6.54 Å². The lowest BCUT2D eigenvalue weighted by Gasteiger charge is -2.27. The van der Waals surface area contributed by atoms with Gasteiger partial charge in [-0.25, -0.2) is 0 Å². The quantitative estimate of drug-likeness (QED) is 0.928. The fraction of sp³-hybridized carbons (Fsp3) is 0.750. The lowest BCUT2D eigenvalue weighted by atomic mass is 9.99. The average molecular weight is 291 g/mol. The third-order valence-corrected chi connectivity index (χ3v) is 4.25. The molecule has 0 unspecified atom stereocenters. The van der Waals surface area contributed by atoms with Crippen LogP contribution in [-0.2, 0) is 11.2 Å². The van der Waals surface area contributed by atoms with E-state index in [0.29, 0.717) is 17.7 Å². The molecule has 116 valence electrons. The summed E-state index contributed by atoms with van der Waals surface area (Å²) in [6.07, 6.45) is 3.13. The molecule has 2 atom stereocenters. The molecule has 0 spiro atoms. The maximum Gasteiger partial charge on any atom is 0.274 e. The summed E-state index contributed by atoms with van der Waals surface area (Å²) in [4.78, 5) is 14.9. The highest BCUT2D eigenvalue weighted by Gasteiger charge is 2.37. The van der Waals surface area contributed by atoms with Gasteiger partial charge >= 0.3 is 0 Å². The highest BCUT2D eigenvalue weighted by Crippen LogP contribution is 2.33. The van der Waals surface area contributed by atoms with Gasteiger partial charge in [-0.2, -0.15) is 5.10 Å². The normalized spacial score (nSPS) is 25.0. The molecular weight excluding hydrogens is 266 g/mol. The molecule has 2 aliphatic rings. The van der Waals surface area contributed by atoms with Crippen LogP contribution in [0.2, 0.25) is 0 Å².